The second-order valence-electron chi connectivity index (χ2n) is 21.6. The Kier molecular flexibility index (Phi) is 29.4. The largest absolute Gasteiger partial charge is 0.375 e. The van der Waals surface area contributed by atoms with Crippen molar-refractivity contribution < 1.29 is 38.2 Å². The van der Waals surface area contributed by atoms with Crippen molar-refractivity contribution in [2.75, 3.05) is 45.9 Å². The first kappa shape index (κ1) is 60.0. The molecular weight excluding hydrogens is 823 g/mol. The van der Waals surface area contributed by atoms with Crippen LogP contribution in [0, 0.1) is 22.7 Å². The SMILES string of the molecule is CCCCCCCCCCCCCCCCCC(=O)NCCNC(=O)C(C)(C)CCOC(C)(C)CCNC(=O)C(C)(C)CCOC(C)(C)CCNC(=O)CCN1C(=O)CC(C(C)C)C1=O. The Labute approximate surface area is 396 Å². The lowest BCUT2D eigenvalue weighted by Crippen LogP contribution is -2.42. The summed E-state index contributed by atoms with van der Waals surface area (Å²) in [6, 6.07) is 0. The van der Waals surface area contributed by atoms with Gasteiger partial charge in [0.15, 0.2) is 0 Å². The Balaban J connectivity index is 2.17. The fourth-order valence-corrected chi connectivity index (χ4v) is 7.88. The van der Waals surface area contributed by atoms with Gasteiger partial charge < -0.3 is 30.7 Å². The number of amides is 6. The molecule has 13 heteroatoms. The van der Waals surface area contributed by atoms with Crippen LogP contribution < -0.4 is 21.3 Å². The molecule has 4 N–H and O–H groups in total. The molecule has 0 aromatic heterocycles. The summed E-state index contributed by atoms with van der Waals surface area (Å²) in [7, 11) is 0. The third kappa shape index (κ3) is 27.4. The van der Waals surface area contributed by atoms with E-state index in [1.165, 1.54) is 88.4 Å². The first-order valence-electron chi connectivity index (χ1n) is 25.8. The summed E-state index contributed by atoms with van der Waals surface area (Å²) in [5.74, 6) is -0.948. The van der Waals surface area contributed by atoms with E-state index in [1.807, 2.05) is 69.2 Å². The molecule has 1 fully saturated rings. The van der Waals surface area contributed by atoms with Gasteiger partial charge in [-0.1, -0.05) is 138 Å². The Morgan fingerprint density at radius 2 is 0.938 bits per heavy atom. The zero-order valence-electron chi connectivity index (χ0n) is 43.4. The number of unbranched alkanes of at least 4 members (excludes halogenated alkanes) is 14. The van der Waals surface area contributed by atoms with Gasteiger partial charge in [-0.2, -0.15) is 0 Å². The summed E-state index contributed by atoms with van der Waals surface area (Å²) in [5.41, 5.74) is -2.36. The van der Waals surface area contributed by atoms with Crippen molar-refractivity contribution in [3.63, 3.8) is 0 Å². The summed E-state index contributed by atoms with van der Waals surface area (Å²) in [6.07, 6.45) is 22.5. The quantitative estimate of drug-likeness (QED) is 0.0349. The molecular formula is C52H97N5O8. The van der Waals surface area contributed by atoms with Crippen LogP contribution in [0.3, 0.4) is 0 Å². The Bertz CT molecular complexity index is 1410. The van der Waals surface area contributed by atoms with E-state index in [-0.39, 0.29) is 66.7 Å². The molecule has 378 valence electrons. The number of hydrogen-bond acceptors (Lipinski definition) is 8. The number of imide groups is 1. The van der Waals surface area contributed by atoms with Crippen molar-refractivity contribution >= 4 is 35.4 Å². The lowest BCUT2D eigenvalue weighted by Gasteiger charge is -2.31. The fourth-order valence-electron chi connectivity index (χ4n) is 7.88. The second-order valence-corrected chi connectivity index (χ2v) is 21.6. The minimum Gasteiger partial charge on any atom is -0.375 e. The minimum absolute atomic E-state index is 0.0421. The number of hydrogen-bond donors (Lipinski definition) is 4. The number of nitrogens with zero attached hydrogens (tertiary/aromatic N) is 1. The molecule has 1 aliphatic rings. The molecule has 0 bridgehead atoms. The van der Waals surface area contributed by atoms with E-state index in [2.05, 4.69) is 28.2 Å². The van der Waals surface area contributed by atoms with E-state index < -0.39 is 22.0 Å². The van der Waals surface area contributed by atoms with Gasteiger partial charge >= 0.3 is 0 Å². The molecule has 1 heterocycles. The van der Waals surface area contributed by atoms with E-state index in [0.717, 1.165) is 12.8 Å². The highest BCUT2D eigenvalue weighted by Crippen LogP contribution is 2.27. The van der Waals surface area contributed by atoms with Crippen LogP contribution >= 0.6 is 0 Å². The predicted molar refractivity (Wildman–Crippen MR) is 262 cm³/mol. The smallest absolute Gasteiger partial charge is 0.233 e. The van der Waals surface area contributed by atoms with Crippen molar-refractivity contribution in [1.82, 2.24) is 26.2 Å². The van der Waals surface area contributed by atoms with Crippen molar-refractivity contribution in [2.24, 2.45) is 22.7 Å². The number of carbonyl (C=O) groups excluding carboxylic acids is 6. The van der Waals surface area contributed by atoms with Gasteiger partial charge in [0.25, 0.3) is 0 Å². The first-order valence-corrected chi connectivity index (χ1v) is 25.8. The summed E-state index contributed by atoms with van der Waals surface area (Å²) in [6.45, 7) is 24.0. The molecule has 1 atom stereocenters. The standard InChI is InChI=1S/C52H97N5O8/c1-12-13-14-15-16-17-18-19-20-21-22-23-24-25-26-27-43(58)54-35-36-56-48(63)50(6,7)32-39-65-52(10,11)30-34-55-47(62)49(4,5)31-38-64-51(8,9)29-33-53-44(59)28-37-57-45(60)40-42(41(2)3)46(57)61/h41-42H,12-40H2,1-11H3,(H,53,59)(H,54,58)(H,55,62)(H,56,63). The van der Waals surface area contributed by atoms with Gasteiger partial charge in [0.05, 0.1) is 11.2 Å². The minimum atomic E-state index is -0.667. The van der Waals surface area contributed by atoms with Crippen LogP contribution in [-0.4, -0.2) is 97.5 Å². The number of ether oxygens (including phenoxy) is 2. The summed E-state index contributed by atoms with van der Waals surface area (Å²) >= 11 is 0. The summed E-state index contributed by atoms with van der Waals surface area (Å²) < 4.78 is 12.3. The molecule has 1 rings (SSSR count). The van der Waals surface area contributed by atoms with E-state index >= 15 is 0 Å². The molecule has 1 aliphatic heterocycles. The monoisotopic (exact) mass is 920 g/mol. The van der Waals surface area contributed by atoms with Gasteiger partial charge in [-0.25, -0.2) is 0 Å². The van der Waals surface area contributed by atoms with E-state index in [1.54, 1.807) is 0 Å². The summed E-state index contributed by atoms with van der Waals surface area (Å²) in [4.78, 5) is 76.9. The molecule has 0 aliphatic carbocycles. The predicted octanol–water partition coefficient (Wildman–Crippen LogP) is 9.34. The Morgan fingerprint density at radius 1 is 0.554 bits per heavy atom. The zero-order valence-corrected chi connectivity index (χ0v) is 43.4. The van der Waals surface area contributed by atoms with Crippen LogP contribution in [-0.2, 0) is 38.2 Å². The highest BCUT2D eigenvalue weighted by Gasteiger charge is 2.40. The molecule has 0 radical (unpaired) electrons. The molecule has 13 nitrogen and oxygen atoms in total. The average Bonchev–Trinajstić information content (AvgIpc) is 3.51. The lowest BCUT2D eigenvalue weighted by molar-refractivity contribution is -0.140. The molecule has 0 spiro atoms. The van der Waals surface area contributed by atoms with E-state index in [0.29, 0.717) is 71.5 Å². The number of rotatable bonds is 39. The van der Waals surface area contributed by atoms with Crippen molar-refractivity contribution in [2.45, 2.75) is 229 Å². The molecule has 65 heavy (non-hydrogen) atoms. The maximum absolute atomic E-state index is 13.2. The maximum Gasteiger partial charge on any atom is 0.233 e. The van der Waals surface area contributed by atoms with Crippen molar-refractivity contribution in [3.05, 3.63) is 0 Å². The second kappa shape index (κ2) is 31.8. The lowest BCUT2D eigenvalue weighted by atomic mass is 9.88. The highest BCUT2D eigenvalue weighted by molar-refractivity contribution is 6.03. The van der Waals surface area contributed by atoms with E-state index in [9.17, 15) is 28.8 Å². The molecule has 6 amide bonds. The molecule has 1 saturated heterocycles. The van der Waals surface area contributed by atoms with Crippen LogP contribution in [0.1, 0.15) is 217 Å². The normalized spacial score (nSPS) is 14.9. The molecule has 0 aromatic carbocycles. The van der Waals surface area contributed by atoms with Crippen molar-refractivity contribution in [1.29, 1.82) is 0 Å². The van der Waals surface area contributed by atoms with Gasteiger partial charge in [0.2, 0.25) is 35.4 Å². The Hall–Kier alpha value is -3.06. The molecule has 0 aromatic rings. The summed E-state index contributed by atoms with van der Waals surface area (Å²) in [5, 5.41) is 11.8. The van der Waals surface area contributed by atoms with Gasteiger partial charge in [-0.05, 0) is 65.7 Å². The van der Waals surface area contributed by atoms with Crippen molar-refractivity contribution in [3.8, 4) is 0 Å². The third-order valence-corrected chi connectivity index (χ3v) is 13.1. The number of likely N-dealkylation sites (tertiary alicyclic amines) is 1. The maximum atomic E-state index is 13.2. The van der Waals surface area contributed by atoms with E-state index in [4.69, 9.17) is 9.47 Å². The van der Waals surface area contributed by atoms with Crippen LogP contribution in [0.4, 0.5) is 0 Å². The van der Waals surface area contributed by atoms with Gasteiger partial charge in [-0.3, -0.25) is 33.7 Å². The first-order chi connectivity index (χ1) is 30.5. The Morgan fingerprint density at radius 3 is 1.38 bits per heavy atom. The fraction of sp³-hybridized carbons (Fsp3) is 0.885. The van der Waals surface area contributed by atoms with Crippen LogP contribution in [0.2, 0.25) is 0 Å². The zero-order chi connectivity index (χ0) is 48.9. The molecule has 1 unspecified atom stereocenters. The van der Waals surface area contributed by atoms with Gasteiger partial charge in [0, 0.05) is 81.9 Å². The van der Waals surface area contributed by atoms with Gasteiger partial charge in [0.1, 0.15) is 0 Å². The number of carbonyl (C=O) groups is 6. The van der Waals surface area contributed by atoms with Crippen LogP contribution in [0.15, 0.2) is 0 Å². The topological polar surface area (TPSA) is 172 Å². The van der Waals surface area contributed by atoms with Gasteiger partial charge in [-0.15, -0.1) is 0 Å². The van der Waals surface area contributed by atoms with Crippen LogP contribution in [0.5, 0.6) is 0 Å². The third-order valence-electron chi connectivity index (χ3n) is 13.1. The average molecular weight is 920 g/mol. The highest BCUT2D eigenvalue weighted by atomic mass is 16.5. The number of nitrogens with one attached hydrogen (secondary N) is 4. The molecule has 0 saturated carbocycles. The van der Waals surface area contributed by atoms with Crippen LogP contribution in [0.25, 0.3) is 0 Å².